The van der Waals surface area contributed by atoms with Crippen molar-refractivity contribution < 1.29 is 27.5 Å². The van der Waals surface area contributed by atoms with E-state index < -0.39 is 28.5 Å². The number of ether oxygens (including phenoxy) is 2. The van der Waals surface area contributed by atoms with Gasteiger partial charge in [0.1, 0.15) is 24.1 Å². The number of sulfonamides is 1. The summed E-state index contributed by atoms with van der Waals surface area (Å²) in [6, 6.07) is 19.3. The number of amides is 2. The molecule has 0 aliphatic carbocycles. The van der Waals surface area contributed by atoms with E-state index >= 15 is 0 Å². The van der Waals surface area contributed by atoms with Gasteiger partial charge in [0, 0.05) is 13.1 Å². The largest absolute Gasteiger partial charge is 0.497 e. The fraction of sp³-hybridized carbons (Fsp3) is 0.375. The summed E-state index contributed by atoms with van der Waals surface area (Å²) >= 11 is 0. The Labute approximate surface area is 249 Å². The van der Waals surface area contributed by atoms with Crippen LogP contribution in [0.25, 0.3) is 0 Å². The van der Waals surface area contributed by atoms with Crippen LogP contribution in [0.2, 0.25) is 0 Å². The lowest BCUT2D eigenvalue weighted by Gasteiger charge is -2.32. The summed E-state index contributed by atoms with van der Waals surface area (Å²) in [6.45, 7) is 9.83. The Morgan fingerprint density at radius 2 is 1.48 bits per heavy atom. The van der Waals surface area contributed by atoms with Crippen LogP contribution < -0.4 is 19.1 Å². The Bertz CT molecular complexity index is 1420. The third-order valence-electron chi connectivity index (χ3n) is 6.69. The molecule has 0 radical (unpaired) electrons. The summed E-state index contributed by atoms with van der Waals surface area (Å²) in [5, 5.41) is 2.89. The zero-order chi connectivity index (χ0) is 30.9. The van der Waals surface area contributed by atoms with Gasteiger partial charge in [0.15, 0.2) is 0 Å². The van der Waals surface area contributed by atoms with E-state index in [-0.39, 0.29) is 23.3 Å². The molecule has 0 spiro atoms. The summed E-state index contributed by atoms with van der Waals surface area (Å²) in [6.07, 6.45) is 0. The molecule has 0 saturated carbocycles. The summed E-state index contributed by atoms with van der Waals surface area (Å²) < 4.78 is 39.8. The SMILES string of the molecule is CCOc1ccc(N(CC(=O)N(Cc2ccc(OC)cc2)[C@@H](C)C(=O)NCC(C)C)S(=O)(=O)c2ccc(C)cc2)cc1. The van der Waals surface area contributed by atoms with Crippen molar-refractivity contribution in [1.29, 1.82) is 0 Å². The van der Waals surface area contributed by atoms with E-state index in [9.17, 15) is 18.0 Å². The number of carbonyl (C=O) groups excluding carboxylic acids is 2. The molecule has 0 aromatic heterocycles. The van der Waals surface area contributed by atoms with Crippen LogP contribution in [0.15, 0.2) is 77.7 Å². The molecule has 10 heteroatoms. The van der Waals surface area contributed by atoms with Gasteiger partial charge in [-0.15, -0.1) is 0 Å². The van der Waals surface area contributed by atoms with Crippen LogP contribution in [-0.2, 0) is 26.2 Å². The number of anilines is 1. The molecule has 0 saturated heterocycles. The lowest BCUT2D eigenvalue weighted by atomic mass is 10.1. The monoisotopic (exact) mass is 595 g/mol. The number of nitrogens with one attached hydrogen (secondary N) is 1. The highest BCUT2D eigenvalue weighted by molar-refractivity contribution is 7.92. The van der Waals surface area contributed by atoms with E-state index in [1.807, 2.05) is 39.8 Å². The Kier molecular flexibility index (Phi) is 11.4. The molecule has 9 nitrogen and oxygen atoms in total. The van der Waals surface area contributed by atoms with Crippen molar-refractivity contribution in [3.05, 3.63) is 83.9 Å². The van der Waals surface area contributed by atoms with E-state index in [0.717, 1.165) is 15.4 Å². The van der Waals surface area contributed by atoms with Gasteiger partial charge in [0.05, 0.1) is 24.3 Å². The summed E-state index contributed by atoms with van der Waals surface area (Å²) in [5.41, 5.74) is 1.97. The molecular formula is C32H41N3O6S. The fourth-order valence-electron chi connectivity index (χ4n) is 4.20. The normalized spacial score (nSPS) is 12.0. The molecule has 1 atom stereocenters. The molecule has 0 heterocycles. The van der Waals surface area contributed by atoms with Crippen molar-refractivity contribution in [1.82, 2.24) is 10.2 Å². The zero-order valence-corrected chi connectivity index (χ0v) is 26.0. The maximum atomic E-state index is 14.0. The molecule has 0 unspecified atom stereocenters. The van der Waals surface area contributed by atoms with Crippen LogP contribution in [0.5, 0.6) is 11.5 Å². The Balaban J connectivity index is 2.01. The molecular weight excluding hydrogens is 554 g/mol. The maximum Gasteiger partial charge on any atom is 0.264 e. The fourth-order valence-corrected chi connectivity index (χ4v) is 5.62. The number of benzene rings is 3. The average molecular weight is 596 g/mol. The molecule has 1 N–H and O–H groups in total. The number of hydrogen-bond donors (Lipinski definition) is 1. The van der Waals surface area contributed by atoms with Crippen molar-refractivity contribution in [2.24, 2.45) is 5.92 Å². The van der Waals surface area contributed by atoms with Gasteiger partial charge in [0.2, 0.25) is 11.8 Å². The predicted octanol–water partition coefficient (Wildman–Crippen LogP) is 4.79. The van der Waals surface area contributed by atoms with E-state index in [2.05, 4.69) is 5.32 Å². The molecule has 226 valence electrons. The minimum absolute atomic E-state index is 0.0548. The highest BCUT2D eigenvalue weighted by Crippen LogP contribution is 2.27. The molecule has 42 heavy (non-hydrogen) atoms. The Morgan fingerprint density at radius 3 is 2.02 bits per heavy atom. The highest BCUT2D eigenvalue weighted by Gasteiger charge is 2.32. The van der Waals surface area contributed by atoms with Crippen LogP contribution in [0, 0.1) is 12.8 Å². The van der Waals surface area contributed by atoms with Gasteiger partial charge in [-0.05, 0) is 80.8 Å². The molecule has 0 fully saturated rings. The highest BCUT2D eigenvalue weighted by atomic mass is 32.2. The number of hydrogen-bond acceptors (Lipinski definition) is 6. The second kappa shape index (κ2) is 14.7. The van der Waals surface area contributed by atoms with E-state index in [0.29, 0.717) is 30.3 Å². The van der Waals surface area contributed by atoms with E-state index in [1.165, 1.54) is 17.0 Å². The van der Waals surface area contributed by atoms with Crippen LogP contribution in [0.3, 0.4) is 0 Å². The molecule has 0 aliphatic heterocycles. The maximum absolute atomic E-state index is 14.0. The second-order valence-corrected chi connectivity index (χ2v) is 12.3. The van der Waals surface area contributed by atoms with E-state index in [1.54, 1.807) is 62.6 Å². The van der Waals surface area contributed by atoms with Crippen molar-refractivity contribution in [2.45, 2.75) is 52.1 Å². The van der Waals surface area contributed by atoms with Crippen LogP contribution in [0.4, 0.5) is 5.69 Å². The number of nitrogens with zero attached hydrogens (tertiary/aromatic N) is 2. The average Bonchev–Trinajstić information content (AvgIpc) is 2.98. The minimum atomic E-state index is -4.15. The molecule has 0 aliphatic rings. The standard InChI is InChI=1S/C32H41N3O6S/c1-7-41-29-16-12-27(13-17-29)35(42(38,39)30-18-8-24(4)9-19-30)22-31(36)34(25(5)32(37)33-20-23(2)3)21-26-10-14-28(40-6)15-11-26/h8-19,23,25H,7,20-22H2,1-6H3,(H,33,37)/t25-/m0/s1. The summed E-state index contributed by atoms with van der Waals surface area (Å²) in [5.74, 6) is 0.617. The van der Waals surface area contributed by atoms with Gasteiger partial charge in [0.25, 0.3) is 10.0 Å². The zero-order valence-electron chi connectivity index (χ0n) is 25.2. The Morgan fingerprint density at radius 1 is 0.881 bits per heavy atom. The molecule has 0 bridgehead atoms. The lowest BCUT2D eigenvalue weighted by Crippen LogP contribution is -2.51. The quantitative estimate of drug-likeness (QED) is 0.288. The van der Waals surface area contributed by atoms with Gasteiger partial charge in [-0.25, -0.2) is 8.42 Å². The van der Waals surface area contributed by atoms with Crippen LogP contribution >= 0.6 is 0 Å². The third kappa shape index (κ3) is 8.48. The van der Waals surface area contributed by atoms with Gasteiger partial charge in [-0.1, -0.05) is 43.7 Å². The number of carbonyl (C=O) groups is 2. The molecule has 3 aromatic carbocycles. The van der Waals surface area contributed by atoms with Crippen molar-refractivity contribution in [3.63, 3.8) is 0 Å². The number of aryl methyl sites for hydroxylation is 1. The summed E-state index contributed by atoms with van der Waals surface area (Å²) in [4.78, 5) is 28.6. The predicted molar refractivity (Wildman–Crippen MR) is 164 cm³/mol. The first kappa shape index (κ1) is 32.5. The smallest absolute Gasteiger partial charge is 0.264 e. The lowest BCUT2D eigenvalue weighted by molar-refractivity contribution is -0.139. The van der Waals surface area contributed by atoms with Crippen molar-refractivity contribution >= 4 is 27.5 Å². The van der Waals surface area contributed by atoms with Gasteiger partial charge in [-0.3, -0.25) is 13.9 Å². The van der Waals surface area contributed by atoms with Crippen LogP contribution in [0.1, 0.15) is 38.8 Å². The topological polar surface area (TPSA) is 105 Å². The Hall–Kier alpha value is -4.05. The number of rotatable bonds is 14. The second-order valence-electron chi connectivity index (χ2n) is 10.4. The third-order valence-corrected chi connectivity index (χ3v) is 8.48. The van der Waals surface area contributed by atoms with Crippen molar-refractivity contribution in [2.75, 3.05) is 31.1 Å². The molecule has 3 rings (SSSR count). The van der Waals surface area contributed by atoms with Crippen molar-refractivity contribution in [3.8, 4) is 11.5 Å². The van der Waals surface area contributed by atoms with Crippen LogP contribution in [-0.4, -0.2) is 58.0 Å². The van der Waals surface area contributed by atoms with Gasteiger partial charge < -0.3 is 19.7 Å². The molecule has 3 aromatic rings. The minimum Gasteiger partial charge on any atom is -0.497 e. The van der Waals surface area contributed by atoms with Gasteiger partial charge >= 0.3 is 0 Å². The first-order chi connectivity index (χ1) is 20.0. The molecule has 2 amide bonds. The summed E-state index contributed by atoms with van der Waals surface area (Å²) in [7, 11) is -2.58. The van der Waals surface area contributed by atoms with Gasteiger partial charge in [-0.2, -0.15) is 0 Å². The van der Waals surface area contributed by atoms with E-state index in [4.69, 9.17) is 9.47 Å². The number of methoxy groups -OCH3 is 1. The first-order valence-corrected chi connectivity index (χ1v) is 15.4. The first-order valence-electron chi connectivity index (χ1n) is 14.0.